The number of ether oxygens (including phenoxy) is 3. The highest BCUT2D eigenvalue weighted by Crippen LogP contribution is 2.42. The molecule has 0 aliphatic carbocycles. The summed E-state index contributed by atoms with van der Waals surface area (Å²) in [5.74, 6) is 0. The number of hydrogen-bond acceptors (Lipinski definition) is 9. The Kier molecular flexibility index (Phi) is 25.1. The molecule has 0 aromatic heterocycles. The third-order valence-electron chi connectivity index (χ3n) is 14.6. The minimum absolute atomic E-state index is 0. The maximum atomic E-state index is 13.1. The second-order valence-corrected chi connectivity index (χ2v) is 21.0. The number of carbonyl (C=O) groups is 3. The van der Waals surface area contributed by atoms with E-state index in [2.05, 4.69) is 31.9 Å². The smallest absolute Gasteiger partial charge is 0.374 e. The van der Waals surface area contributed by atoms with Crippen LogP contribution in [0.25, 0.3) is 0 Å². The van der Waals surface area contributed by atoms with Gasteiger partial charge < -0.3 is 61.4 Å². The van der Waals surface area contributed by atoms with Gasteiger partial charge in [-0.05, 0) is 102 Å². The average molecular weight is 1380 g/mol. The number of aliphatic hydroxyl groups excluding tert-OH is 3. The number of aliphatic hydroxyl groups is 3. The first-order valence-electron chi connectivity index (χ1n) is 26.7. The Labute approximate surface area is 531 Å². The highest BCUT2D eigenvalue weighted by atomic mass is 19.4. The van der Waals surface area contributed by atoms with Gasteiger partial charge in [0.25, 0.3) is 0 Å². The fourth-order valence-corrected chi connectivity index (χ4v) is 9.72. The summed E-state index contributed by atoms with van der Waals surface area (Å²) in [6.07, 6.45) is -36.6. The van der Waals surface area contributed by atoms with Gasteiger partial charge in [-0.15, -0.1) is 0 Å². The SMILES string of the molecule is C.C.C.C[C@@H](OC[C@]1(c2ccccc2)NC(=O)N[C@@H]1O)c1cc(C(F)(F)F)cc(C(F)(F)F)c1.C[C@@H](OC[C@]1(c2ccccc2)NC(=O)N[C@H]1O)c1cc(C(F)(F)F)cc(C(F)(F)F)c1.O=C1N[C@H](O)[C@@](COCc2cc(C(F)(F)F)cc(C(F)(F)F)c2)(c2ccccc2)N1. The quantitative estimate of drug-likeness (QED) is 0.0447. The van der Waals surface area contributed by atoms with E-state index in [4.69, 9.17) is 14.2 Å². The number of nitrogens with one attached hydrogen (secondary N) is 6. The van der Waals surface area contributed by atoms with Gasteiger partial charge in [0.1, 0.15) is 16.6 Å². The Morgan fingerprint density at radius 1 is 0.379 bits per heavy atom. The van der Waals surface area contributed by atoms with Crippen molar-refractivity contribution in [1.29, 1.82) is 0 Å². The fourth-order valence-electron chi connectivity index (χ4n) is 9.72. The molecule has 0 bridgehead atoms. The number of alkyl halides is 18. The molecule has 0 spiro atoms. The number of amides is 6. The molecule has 3 fully saturated rings. The lowest BCUT2D eigenvalue weighted by Gasteiger charge is -2.33. The van der Waals surface area contributed by atoms with Crippen LogP contribution in [0.2, 0.25) is 0 Å². The Hall–Kier alpha value is -8.37. The molecule has 3 heterocycles. The number of urea groups is 3. The molecule has 3 saturated heterocycles. The minimum atomic E-state index is -4.99. The second-order valence-electron chi connectivity index (χ2n) is 21.0. The van der Waals surface area contributed by atoms with Gasteiger partial charge in [-0.1, -0.05) is 113 Å². The molecule has 8 atom stereocenters. The van der Waals surface area contributed by atoms with Gasteiger partial charge in [-0.3, -0.25) is 0 Å². The van der Waals surface area contributed by atoms with Crippen molar-refractivity contribution in [3.63, 3.8) is 0 Å². The van der Waals surface area contributed by atoms with Crippen LogP contribution in [-0.2, 0) is 74.5 Å². The van der Waals surface area contributed by atoms with Crippen LogP contribution in [0.1, 0.15) is 115 Å². The van der Waals surface area contributed by atoms with E-state index >= 15 is 0 Å². The summed E-state index contributed by atoms with van der Waals surface area (Å²) < 4.78 is 252. The van der Waals surface area contributed by atoms with E-state index in [9.17, 15) is 109 Å². The van der Waals surface area contributed by atoms with Gasteiger partial charge in [-0.25, -0.2) is 14.4 Å². The number of benzene rings is 6. The van der Waals surface area contributed by atoms with Crippen molar-refractivity contribution in [2.24, 2.45) is 0 Å². The van der Waals surface area contributed by atoms with E-state index in [0.29, 0.717) is 53.1 Å². The number of carbonyl (C=O) groups excluding carboxylic acids is 3. The predicted molar refractivity (Wildman–Crippen MR) is 305 cm³/mol. The van der Waals surface area contributed by atoms with E-state index in [0.717, 1.165) is 0 Å². The van der Waals surface area contributed by atoms with E-state index in [1.165, 1.54) is 13.8 Å². The largest absolute Gasteiger partial charge is 0.416 e. The summed E-state index contributed by atoms with van der Waals surface area (Å²) in [6, 6.07) is 25.9. The molecule has 15 nitrogen and oxygen atoms in total. The first kappa shape index (κ1) is 79.1. The zero-order valence-corrected chi connectivity index (χ0v) is 47.2. The van der Waals surface area contributed by atoms with Crippen molar-refractivity contribution in [2.45, 2.75) is 127 Å². The van der Waals surface area contributed by atoms with Gasteiger partial charge >= 0.3 is 55.2 Å². The summed E-state index contributed by atoms with van der Waals surface area (Å²) >= 11 is 0. The van der Waals surface area contributed by atoms with Crippen molar-refractivity contribution in [3.05, 3.63) is 212 Å². The van der Waals surface area contributed by atoms with Gasteiger partial charge in [0.15, 0.2) is 18.7 Å². The number of halogens is 18. The third kappa shape index (κ3) is 19.0. The van der Waals surface area contributed by atoms with Gasteiger partial charge in [-0.2, -0.15) is 79.0 Å². The monoisotopic (exact) mass is 1380 g/mol. The van der Waals surface area contributed by atoms with E-state index in [1.807, 2.05) is 0 Å². The van der Waals surface area contributed by atoms with Crippen LogP contribution >= 0.6 is 0 Å². The summed E-state index contributed by atoms with van der Waals surface area (Å²) in [5, 5.41) is 45.4. The van der Waals surface area contributed by atoms with Crippen molar-refractivity contribution >= 4 is 18.1 Å². The minimum Gasteiger partial charge on any atom is -0.374 e. The van der Waals surface area contributed by atoms with Crippen LogP contribution in [-0.4, -0.2) is 71.9 Å². The van der Waals surface area contributed by atoms with Crippen LogP contribution in [0.3, 0.4) is 0 Å². The number of hydrogen-bond donors (Lipinski definition) is 9. The Morgan fingerprint density at radius 2 is 0.611 bits per heavy atom. The Bertz CT molecular complexity index is 3290. The van der Waals surface area contributed by atoms with Gasteiger partial charge in [0.2, 0.25) is 0 Å². The number of rotatable bonds is 15. The molecule has 6 aromatic carbocycles. The zero-order valence-electron chi connectivity index (χ0n) is 47.2. The second kappa shape index (κ2) is 30.1. The summed E-state index contributed by atoms with van der Waals surface area (Å²) in [5.41, 5.74) is -12.9. The van der Waals surface area contributed by atoms with Crippen molar-refractivity contribution in [1.82, 2.24) is 31.9 Å². The summed E-state index contributed by atoms with van der Waals surface area (Å²) in [7, 11) is 0. The molecular formula is C62H64F18N6O9. The van der Waals surface area contributed by atoms with E-state index in [1.54, 1.807) is 91.0 Å². The van der Waals surface area contributed by atoms with E-state index in [-0.39, 0.29) is 57.2 Å². The molecule has 9 rings (SSSR count). The summed E-state index contributed by atoms with van der Waals surface area (Å²) in [6.45, 7) is 0.708. The molecule has 3 aliphatic heterocycles. The highest BCUT2D eigenvalue weighted by Gasteiger charge is 2.51. The van der Waals surface area contributed by atoms with Gasteiger partial charge in [0.05, 0.1) is 72.0 Å². The molecule has 9 N–H and O–H groups in total. The van der Waals surface area contributed by atoms with Crippen molar-refractivity contribution in [3.8, 4) is 0 Å². The molecule has 6 amide bonds. The highest BCUT2D eigenvalue weighted by molar-refractivity contribution is 5.80. The molecule has 33 heteroatoms. The molecule has 0 unspecified atom stereocenters. The maximum Gasteiger partial charge on any atom is 0.416 e. The lowest BCUT2D eigenvalue weighted by Crippen LogP contribution is -2.50. The molecule has 0 radical (unpaired) electrons. The van der Waals surface area contributed by atoms with Crippen LogP contribution < -0.4 is 31.9 Å². The van der Waals surface area contributed by atoms with Crippen LogP contribution in [0, 0.1) is 0 Å². The lowest BCUT2D eigenvalue weighted by atomic mass is 9.90. The predicted octanol–water partition coefficient (Wildman–Crippen LogP) is 14.3. The topological polar surface area (TPSA) is 212 Å². The van der Waals surface area contributed by atoms with Crippen molar-refractivity contribution < 1.29 is 123 Å². The summed E-state index contributed by atoms with van der Waals surface area (Å²) in [4.78, 5) is 35.3. The van der Waals surface area contributed by atoms with Gasteiger partial charge in [0, 0.05) is 0 Å². The van der Waals surface area contributed by atoms with E-state index < -0.39 is 162 Å². The maximum absolute atomic E-state index is 13.1. The molecule has 522 valence electrons. The van der Waals surface area contributed by atoms with Crippen LogP contribution in [0.15, 0.2) is 146 Å². The molecule has 0 saturated carbocycles. The zero-order chi connectivity index (χ0) is 68.2. The normalized spacial score (nSPS) is 21.8. The Balaban J connectivity index is 0.000000299. The molecular weight excluding hydrogens is 1310 g/mol. The lowest BCUT2D eigenvalue weighted by molar-refractivity contribution is -0.145. The Morgan fingerprint density at radius 3 is 0.832 bits per heavy atom. The fraction of sp³-hybridized carbons (Fsp3) is 0.371. The molecule has 3 aliphatic rings. The molecule has 6 aromatic rings. The third-order valence-corrected chi connectivity index (χ3v) is 14.6. The van der Waals surface area contributed by atoms with Crippen LogP contribution in [0.4, 0.5) is 93.4 Å². The van der Waals surface area contributed by atoms with Crippen LogP contribution in [0.5, 0.6) is 0 Å². The molecule has 95 heavy (non-hydrogen) atoms. The first-order valence-corrected chi connectivity index (χ1v) is 26.7. The standard InChI is InChI=1S/2C20H18F6N2O3.C19H16F6N2O3.3CH4/c2*1-11(12-7-14(19(21,22)23)9-15(8-12)20(24,25)26)31-10-18(13-5-3-2-4-6-13)16(29)27-17(30)28-18;20-18(21,22)13-6-11(7-14(8-13)19(23,24)25)9-30-10-17(12-4-2-1-3-5-12)15(28)26-16(29)27-17;;;/h2*2-9,11,16,29H,10H2,1H3,(H2,27,28,30);1-8,15,28H,9-10H2,(H2,26,27,29);3*1H4/t11-,16+,18-;11-,16-,18-;15-,17-;;;/m111.../s1. The average Bonchev–Trinajstić information content (AvgIpc) is 1.70. The first-order chi connectivity index (χ1) is 42.6. The van der Waals surface area contributed by atoms with Crippen molar-refractivity contribution in [2.75, 3.05) is 19.8 Å².